The summed E-state index contributed by atoms with van der Waals surface area (Å²) in [5, 5.41) is 13.2. The van der Waals surface area contributed by atoms with E-state index in [-0.39, 0.29) is 5.91 Å². The molecule has 3 rings (SSSR count). The maximum atomic E-state index is 11.9. The van der Waals surface area contributed by atoms with Crippen molar-refractivity contribution < 1.29 is 9.90 Å². The van der Waals surface area contributed by atoms with Crippen molar-refractivity contribution >= 4 is 21.8 Å². The Morgan fingerprint density at radius 1 is 1.24 bits per heavy atom. The van der Waals surface area contributed by atoms with E-state index in [0.717, 1.165) is 27.6 Å². The molecule has 1 unspecified atom stereocenters. The van der Waals surface area contributed by atoms with Gasteiger partial charge in [0.15, 0.2) is 0 Å². The number of nitrogens with one attached hydrogen (secondary N) is 1. The van der Waals surface area contributed by atoms with Crippen LogP contribution in [0, 0.1) is 0 Å². The molecule has 0 fully saturated rings. The van der Waals surface area contributed by atoms with Crippen molar-refractivity contribution in [3.05, 3.63) is 69.2 Å². The molecule has 0 aromatic heterocycles. The van der Waals surface area contributed by atoms with Crippen LogP contribution in [0.3, 0.4) is 0 Å². The first-order valence-corrected chi connectivity index (χ1v) is 7.76. The van der Waals surface area contributed by atoms with Crippen molar-refractivity contribution in [3.63, 3.8) is 0 Å². The second-order valence-corrected chi connectivity index (χ2v) is 6.19. The third kappa shape index (κ3) is 3.17. The van der Waals surface area contributed by atoms with E-state index in [0.29, 0.717) is 18.5 Å². The highest BCUT2D eigenvalue weighted by Crippen LogP contribution is 2.24. The maximum absolute atomic E-state index is 11.9. The fourth-order valence-electron chi connectivity index (χ4n) is 2.64. The van der Waals surface area contributed by atoms with Crippen molar-refractivity contribution in [1.82, 2.24) is 5.32 Å². The predicted octanol–water partition coefficient (Wildman–Crippen LogP) is 3.01. The fourth-order valence-corrected chi connectivity index (χ4v) is 3.09. The number of benzene rings is 2. The summed E-state index contributed by atoms with van der Waals surface area (Å²) in [4.78, 5) is 11.9. The van der Waals surface area contributed by atoms with Crippen LogP contribution in [-0.4, -0.2) is 17.6 Å². The quantitative estimate of drug-likeness (QED) is 0.898. The highest BCUT2D eigenvalue weighted by molar-refractivity contribution is 9.10. The molecule has 2 aromatic rings. The molecule has 2 aromatic carbocycles. The van der Waals surface area contributed by atoms with Crippen molar-refractivity contribution in [1.29, 1.82) is 0 Å². The third-order valence-corrected chi connectivity index (χ3v) is 4.25. The summed E-state index contributed by atoms with van der Waals surface area (Å²) >= 11 is 3.43. The van der Waals surface area contributed by atoms with Crippen LogP contribution in [0.4, 0.5) is 0 Å². The molecule has 1 aliphatic heterocycles. The molecule has 1 atom stereocenters. The Hall–Kier alpha value is -1.65. The van der Waals surface area contributed by atoms with Gasteiger partial charge in [0.05, 0.1) is 6.10 Å². The zero-order valence-electron chi connectivity index (χ0n) is 11.5. The van der Waals surface area contributed by atoms with Crippen LogP contribution < -0.4 is 5.32 Å². The molecule has 0 bridgehead atoms. The van der Waals surface area contributed by atoms with E-state index in [1.54, 1.807) is 0 Å². The SMILES string of the molecule is O=C1NCCc2ccc(C(O)Cc3cccc(Br)c3)cc21. The molecule has 0 spiro atoms. The van der Waals surface area contributed by atoms with E-state index in [2.05, 4.69) is 21.2 Å². The number of aliphatic hydroxyl groups excluding tert-OH is 1. The summed E-state index contributed by atoms with van der Waals surface area (Å²) in [6, 6.07) is 13.6. The Morgan fingerprint density at radius 2 is 2.10 bits per heavy atom. The summed E-state index contributed by atoms with van der Waals surface area (Å²) in [5.41, 5.74) is 3.58. The molecule has 1 heterocycles. The molecule has 108 valence electrons. The van der Waals surface area contributed by atoms with E-state index in [4.69, 9.17) is 0 Å². The molecule has 3 nitrogen and oxygen atoms in total. The summed E-state index contributed by atoms with van der Waals surface area (Å²) in [7, 11) is 0. The zero-order chi connectivity index (χ0) is 14.8. The highest BCUT2D eigenvalue weighted by atomic mass is 79.9. The molecule has 0 radical (unpaired) electrons. The molecule has 1 aliphatic rings. The number of hydrogen-bond acceptors (Lipinski definition) is 2. The van der Waals surface area contributed by atoms with Crippen molar-refractivity contribution in [2.75, 3.05) is 6.54 Å². The van der Waals surface area contributed by atoms with Gasteiger partial charge >= 0.3 is 0 Å². The van der Waals surface area contributed by atoms with Crippen LogP contribution in [0.15, 0.2) is 46.9 Å². The van der Waals surface area contributed by atoms with Gasteiger partial charge in [-0.1, -0.05) is 40.2 Å². The van der Waals surface area contributed by atoms with Crippen LogP contribution >= 0.6 is 15.9 Å². The minimum Gasteiger partial charge on any atom is -0.388 e. The Kier molecular flexibility index (Phi) is 4.08. The number of amides is 1. The maximum Gasteiger partial charge on any atom is 0.251 e. The second kappa shape index (κ2) is 6.00. The molecule has 0 saturated carbocycles. The number of fused-ring (bicyclic) bond motifs is 1. The lowest BCUT2D eigenvalue weighted by atomic mass is 9.94. The summed E-state index contributed by atoms with van der Waals surface area (Å²) in [6.07, 6.45) is 0.766. The Bertz CT molecular complexity index is 684. The number of carbonyl (C=O) groups excluding carboxylic acids is 1. The van der Waals surface area contributed by atoms with Gasteiger partial charge in [0.1, 0.15) is 0 Å². The van der Waals surface area contributed by atoms with Gasteiger partial charge in [-0.3, -0.25) is 4.79 Å². The molecule has 2 N–H and O–H groups in total. The van der Waals surface area contributed by atoms with Crippen molar-refractivity contribution in [3.8, 4) is 0 Å². The van der Waals surface area contributed by atoms with Gasteiger partial charge in [0.2, 0.25) is 0 Å². The molecule has 4 heteroatoms. The molecular formula is C17H16BrNO2. The van der Waals surface area contributed by atoms with Crippen molar-refractivity contribution in [2.45, 2.75) is 18.9 Å². The monoisotopic (exact) mass is 345 g/mol. The minimum atomic E-state index is -0.612. The van der Waals surface area contributed by atoms with Gasteiger partial charge in [0, 0.05) is 23.0 Å². The number of rotatable bonds is 3. The first-order valence-electron chi connectivity index (χ1n) is 6.97. The standard InChI is InChI=1S/C17H16BrNO2/c18-14-3-1-2-11(8-14)9-16(20)13-5-4-12-6-7-19-17(21)15(12)10-13/h1-5,8,10,16,20H,6-7,9H2,(H,19,21). The van der Waals surface area contributed by atoms with Crippen LogP contribution in [0.1, 0.15) is 33.2 Å². The van der Waals surface area contributed by atoms with Crippen LogP contribution in [0.5, 0.6) is 0 Å². The minimum absolute atomic E-state index is 0.0484. The lowest BCUT2D eigenvalue weighted by molar-refractivity contribution is 0.0945. The van der Waals surface area contributed by atoms with Crippen LogP contribution in [0.25, 0.3) is 0 Å². The van der Waals surface area contributed by atoms with Gasteiger partial charge in [-0.05, 0) is 41.3 Å². The Balaban J connectivity index is 1.83. The molecule has 0 saturated heterocycles. The summed E-state index contributed by atoms with van der Waals surface area (Å²) < 4.78 is 0.997. The van der Waals surface area contributed by atoms with Gasteiger partial charge in [-0.15, -0.1) is 0 Å². The fraction of sp³-hybridized carbons (Fsp3) is 0.235. The zero-order valence-corrected chi connectivity index (χ0v) is 13.1. The van der Waals surface area contributed by atoms with Crippen LogP contribution in [-0.2, 0) is 12.8 Å². The van der Waals surface area contributed by atoms with Gasteiger partial charge in [-0.25, -0.2) is 0 Å². The first-order chi connectivity index (χ1) is 10.1. The van der Waals surface area contributed by atoms with E-state index in [1.807, 2.05) is 42.5 Å². The number of halogens is 1. The smallest absolute Gasteiger partial charge is 0.251 e. The van der Waals surface area contributed by atoms with E-state index in [9.17, 15) is 9.90 Å². The summed E-state index contributed by atoms with van der Waals surface area (Å²) in [6.45, 7) is 0.686. The largest absolute Gasteiger partial charge is 0.388 e. The lowest BCUT2D eigenvalue weighted by Crippen LogP contribution is -2.31. The number of carbonyl (C=O) groups is 1. The average molecular weight is 346 g/mol. The normalized spacial score (nSPS) is 15.2. The van der Waals surface area contributed by atoms with E-state index < -0.39 is 6.10 Å². The van der Waals surface area contributed by atoms with E-state index >= 15 is 0 Å². The Morgan fingerprint density at radius 3 is 2.90 bits per heavy atom. The average Bonchev–Trinajstić information content (AvgIpc) is 2.47. The van der Waals surface area contributed by atoms with Gasteiger partial charge in [-0.2, -0.15) is 0 Å². The first kappa shape index (κ1) is 14.3. The number of hydrogen-bond donors (Lipinski definition) is 2. The summed E-state index contributed by atoms with van der Waals surface area (Å²) in [5.74, 6) is -0.0484. The topological polar surface area (TPSA) is 49.3 Å². The highest BCUT2D eigenvalue weighted by Gasteiger charge is 2.18. The molecule has 0 aliphatic carbocycles. The molecular weight excluding hydrogens is 330 g/mol. The van der Waals surface area contributed by atoms with Gasteiger partial charge < -0.3 is 10.4 Å². The van der Waals surface area contributed by atoms with Crippen molar-refractivity contribution in [2.24, 2.45) is 0 Å². The van der Waals surface area contributed by atoms with Gasteiger partial charge in [0.25, 0.3) is 5.91 Å². The predicted molar refractivity (Wildman–Crippen MR) is 85.3 cm³/mol. The van der Waals surface area contributed by atoms with E-state index in [1.165, 1.54) is 0 Å². The molecule has 21 heavy (non-hydrogen) atoms. The lowest BCUT2D eigenvalue weighted by Gasteiger charge is -2.19. The number of aliphatic hydroxyl groups is 1. The second-order valence-electron chi connectivity index (χ2n) is 5.27. The third-order valence-electron chi connectivity index (χ3n) is 3.76. The van der Waals surface area contributed by atoms with Crippen LogP contribution in [0.2, 0.25) is 0 Å². The Labute approximate surface area is 132 Å². The molecule has 1 amide bonds.